The summed E-state index contributed by atoms with van der Waals surface area (Å²) in [6.45, 7) is 0.721. The lowest BCUT2D eigenvalue weighted by molar-refractivity contribution is -0.275. The molecular weight excluding hydrogens is 538 g/mol. The number of anilines is 4. The van der Waals surface area contributed by atoms with Crippen molar-refractivity contribution in [1.82, 2.24) is 20.3 Å². The highest BCUT2D eigenvalue weighted by molar-refractivity contribution is 5.82. The molecule has 39 heavy (non-hydrogen) atoms. The molecule has 1 aliphatic heterocycles. The van der Waals surface area contributed by atoms with E-state index in [1.165, 1.54) is 30.5 Å². The van der Waals surface area contributed by atoms with Gasteiger partial charge in [-0.2, -0.15) is 20.1 Å². The molecule has 0 spiro atoms. The summed E-state index contributed by atoms with van der Waals surface area (Å²) in [4.78, 5) is 26.1. The average molecular weight is 556 g/mol. The van der Waals surface area contributed by atoms with Crippen LogP contribution in [0, 0.1) is 0 Å². The Labute approximate surface area is 215 Å². The van der Waals surface area contributed by atoms with E-state index in [2.05, 4.69) is 45.6 Å². The number of nitrogens with one attached hydrogen (secondary N) is 3. The lowest BCUT2D eigenvalue weighted by Crippen LogP contribution is -2.48. The number of halogens is 6. The van der Waals surface area contributed by atoms with Crippen molar-refractivity contribution in [2.24, 2.45) is 5.10 Å². The Morgan fingerprint density at radius 3 is 2.05 bits per heavy atom. The molecular formula is C22H18F6N8O3. The maximum Gasteiger partial charge on any atom is 0.573 e. The molecule has 1 aromatic heterocycles. The number of nitrogens with zero attached hydrogens (tertiary/aromatic N) is 5. The van der Waals surface area contributed by atoms with Crippen LogP contribution in [0.25, 0.3) is 0 Å². The second kappa shape index (κ2) is 11.3. The zero-order chi connectivity index (χ0) is 28.0. The van der Waals surface area contributed by atoms with E-state index >= 15 is 0 Å². The highest BCUT2D eigenvalue weighted by Gasteiger charge is 2.31. The number of amides is 1. The molecule has 206 valence electrons. The minimum absolute atomic E-state index is 0.0122. The molecule has 0 unspecified atom stereocenters. The van der Waals surface area contributed by atoms with E-state index in [9.17, 15) is 31.1 Å². The van der Waals surface area contributed by atoms with Crippen LogP contribution in [0.4, 0.5) is 49.9 Å². The van der Waals surface area contributed by atoms with Crippen LogP contribution >= 0.6 is 0 Å². The molecule has 4 rings (SSSR count). The van der Waals surface area contributed by atoms with E-state index in [0.29, 0.717) is 24.3 Å². The molecule has 2 heterocycles. The maximum absolute atomic E-state index is 12.4. The first-order valence-electron chi connectivity index (χ1n) is 11.0. The molecule has 3 aromatic rings. The second-order valence-electron chi connectivity index (χ2n) is 7.74. The standard InChI is InChI=1S/C22H18F6N8O3/c23-21(24,25)38-15-5-1-13(2-6-15)11-30-35-19-32-18(33-20(34-19)36-10-9-29-17(37)12-36)31-14-3-7-16(8-4-14)39-22(26,27)28/h1-8,11H,9-10,12H2,(H,29,37)(H2,31,32,33,34,35)/b30-11+. The van der Waals surface area contributed by atoms with Crippen molar-refractivity contribution in [3.63, 3.8) is 0 Å². The summed E-state index contributed by atoms with van der Waals surface area (Å²) in [5, 5.41) is 9.48. The molecule has 17 heteroatoms. The topological polar surface area (TPSA) is 126 Å². The molecule has 1 saturated heterocycles. The van der Waals surface area contributed by atoms with E-state index in [-0.39, 0.29) is 30.3 Å². The van der Waals surface area contributed by atoms with Crippen LogP contribution in [0.2, 0.25) is 0 Å². The van der Waals surface area contributed by atoms with Gasteiger partial charge in [-0.3, -0.25) is 4.79 Å². The molecule has 11 nitrogen and oxygen atoms in total. The van der Waals surface area contributed by atoms with Crippen LogP contribution in [0.5, 0.6) is 11.5 Å². The van der Waals surface area contributed by atoms with Gasteiger partial charge in [0.25, 0.3) is 0 Å². The van der Waals surface area contributed by atoms with E-state index in [4.69, 9.17) is 0 Å². The van der Waals surface area contributed by atoms with Crippen LogP contribution in [0.15, 0.2) is 53.6 Å². The number of piperazine rings is 1. The van der Waals surface area contributed by atoms with Crippen molar-refractivity contribution in [1.29, 1.82) is 0 Å². The van der Waals surface area contributed by atoms with E-state index in [0.717, 1.165) is 24.3 Å². The minimum atomic E-state index is -4.83. The Morgan fingerprint density at radius 2 is 1.46 bits per heavy atom. The van der Waals surface area contributed by atoms with Gasteiger partial charge in [-0.25, -0.2) is 5.43 Å². The largest absolute Gasteiger partial charge is 0.573 e. The number of hydrogen-bond donors (Lipinski definition) is 3. The van der Waals surface area contributed by atoms with Crippen LogP contribution in [-0.4, -0.2) is 59.4 Å². The van der Waals surface area contributed by atoms with Crippen molar-refractivity contribution in [3.8, 4) is 11.5 Å². The minimum Gasteiger partial charge on any atom is -0.406 e. The number of hydrazone groups is 1. The Morgan fingerprint density at radius 1 is 0.872 bits per heavy atom. The van der Waals surface area contributed by atoms with Gasteiger partial charge in [0, 0.05) is 18.8 Å². The summed E-state index contributed by atoms with van der Waals surface area (Å²) in [6.07, 6.45) is -8.35. The third-order valence-corrected chi connectivity index (χ3v) is 4.78. The summed E-state index contributed by atoms with van der Waals surface area (Å²) in [5.41, 5.74) is 3.34. The molecule has 1 amide bonds. The summed E-state index contributed by atoms with van der Waals surface area (Å²) in [5.74, 6) is -1.01. The van der Waals surface area contributed by atoms with Gasteiger partial charge in [0.2, 0.25) is 23.8 Å². The molecule has 1 aliphatic rings. The average Bonchev–Trinajstić information content (AvgIpc) is 2.84. The first-order valence-corrected chi connectivity index (χ1v) is 11.0. The summed E-state index contributed by atoms with van der Waals surface area (Å²) in [6, 6.07) is 9.75. The Hall–Kier alpha value is -4.83. The molecule has 0 atom stereocenters. The van der Waals surface area contributed by atoms with Crippen molar-refractivity contribution in [2.45, 2.75) is 12.7 Å². The maximum atomic E-state index is 12.4. The van der Waals surface area contributed by atoms with Gasteiger partial charge in [0.05, 0.1) is 12.8 Å². The summed E-state index contributed by atoms with van der Waals surface area (Å²) >= 11 is 0. The number of alkyl halides is 6. The number of ether oxygens (including phenoxy) is 2. The molecule has 0 bridgehead atoms. The van der Waals surface area contributed by atoms with Crippen molar-refractivity contribution >= 4 is 35.7 Å². The van der Waals surface area contributed by atoms with Crippen LogP contribution < -0.4 is 30.4 Å². The van der Waals surface area contributed by atoms with E-state index in [1.54, 1.807) is 4.90 Å². The first-order chi connectivity index (χ1) is 18.4. The SMILES string of the molecule is O=C1CN(c2nc(N/N=C/c3ccc(OC(F)(F)F)cc3)nc(Nc3ccc(OC(F)(F)F)cc3)n2)CCN1. The second-order valence-corrected chi connectivity index (χ2v) is 7.74. The summed E-state index contributed by atoms with van der Waals surface area (Å²) < 4.78 is 81.8. The normalized spacial score (nSPS) is 14.2. The number of carbonyl (C=O) groups is 1. The Kier molecular flexibility index (Phi) is 7.87. The monoisotopic (exact) mass is 556 g/mol. The van der Waals surface area contributed by atoms with E-state index in [1.807, 2.05) is 0 Å². The summed E-state index contributed by atoms with van der Waals surface area (Å²) in [7, 11) is 0. The zero-order valence-corrected chi connectivity index (χ0v) is 19.5. The third-order valence-electron chi connectivity index (χ3n) is 4.78. The third kappa shape index (κ3) is 8.61. The molecule has 0 saturated carbocycles. The lowest BCUT2D eigenvalue weighted by atomic mass is 10.2. The number of benzene rings is 2. The highest BCUT2D eigenvalue weighted by atomic mass is 19.4. The number of rotatable bonds is 8. The number of carbonyl (C=O) groups excluding carboxylic acids is 1. The Balaban J connectivity index is 1.51. The molecule has 1 fully saturated rings. The Bertz CT molecular complexity index is 1320. The van der Waals surface area contributed by atoms with Crippen LogP contribution in [0.3, 0.4) is 0 Å². The van der Waals surface area contributed by atoms with Crippen molar-refractivity contribution < 1.29 is 40.6 Å². The molecule has 2 aromatic carbocycles. The molecule has 0 radical (unpaired) electrons. The van der Waals surface area contributed by atoms with Gasteiger partial charge in [-0.1, -0.05) is 0 Å². The number of hydrogen-bond acceptors (Lipinski definition) is 10. The quantitative estimate of drug-likeness (QED) is 0.216. The van der Waals surface area contributed by atoms with Crippen molar-refractivity contribution in [3.05, 3.63) is 54.1 Å². The molecule has 0 aliphatic carbocycles. The highest BCUT2D eigenvalue weighted by Crippen LogP contribution is 2.26. The molecule has 3 N–H and O–H groups in total. The van der Waals surface area contributed by atoms with Crippen LogP contribution in [-0.2, 0) is 4.79 Å². The fraction of sp³-hybridized carbons (Fsp3) is 0.227. The van der Waals surface area contributed by atoms with Crippen molar-refractivity contribution in [2.75, 3.05) is 35.3 Å². The fourth-order valence-electron chi connectivity index (χ4n) is 3.21. The first kappa shape index (κ1) is 27.2. The van der Waals surface area contributed by atoms with Crippen LogP contribution in [0.1, 0.15) is 5.56 Å². The van der Waals surface area contributed by atoms with Gasteiger partial charge < -0.3 is 25.0 Å². The van der Waals surface area contributed by atoms with Gasteiger partial charge in [-0.15, -0.1) is 26.3 Å². The predicted octanol–water partition coefficient (Wildman–Crippen LogP) is 3.79. The van der Waals surface area contributed by atoms with Gasteiger partial charge in [0.15, 0.2) is 0 Å². The number of aromatic nitrogens is 3. The lowest BCUT2D eigenvalue weighted by Gasteiger charge is -2.26. The van der Waals surface area contributed by atoms with Gasteiger partial charge in [-0.05, 0) is 54.1 Å². The van der Waals surface area contributed by atoms with E-state index < -0.39 is 24.2 Å². The van der Waals surface area contributed by atoms with Gasteiger partial charge in [0.1, 0.15) is 11.5 Å². The zero-order valence-electron chi connectivity index (χ0n) is 19.5. The fourth-order valence-corrected chi connectivity index (χ4v) is 3.21. The predicted molar refractivity (Wildman–Crippen MR) is 126 cm³/mol. The van der Waals surface area contributed by atoms with Gasteiger partial charge >= 0.3 is 12.7 Å². The smallest absolute Gasteiger partial charge is 0.406 e.